The van der Waals surface area contributed by atoms with Crippen molar-refractivity contribution in [2.45, 2.75) is 13.8 Å². The van der Waals surface area contributed by atoms with Gasteiger partial charge >= 0.3 is 0 Å². The average molecular weight is 205 g/mol. The molecule has 0 aliphatic heterocycles. The summed E-state index contributed by atoms with van der Waals surface area (Å²) in [5, 5.41) is 11.9. The lowest BCUT2D eigenvalue weighted by Crippen LogP contribution is -2.03. The van der Waals surface area contributed by atoms with E-state index in [0.717, 1.165) is 16.9 Å². The van der Waals surface area contributed by atoms with Crippen LogP contribution in [0.15, 0.2) is 36.0 Å². The first-order valence-corrected chi connectivity index (χ1v) is 4.73. The number of benzene rings is 1. The van der Waals surface area contributed by atoms with Crippen LogP contribution < -0.4 is 4.74 Å². The van der Waals surface area contributed by atoms with E-state index in [2.05, 4.69) is 11.7 Å². The van der Waals surface area contributed by atoms with E-state index >= 15 is 0 Å². The van der Waals surface area contributed by atoms with E-state index in [1.165, 1.54) is 0 Å². The highest BCUT2D eigenvalue weighted by Gasteiger charge is 2.09. The predicted octanol–water partition coefficient (Wildman–Crippen LogP) is 2.76. The fourth-order valence-corrected chi connectivity index (χ4v) is 1.33. The van der Waals surface area contributed by atoms with Crippen LogP contribution in [0.4, 0.5) is 0 Å². The molecule has 1 N–H and O–H groups in total. The van der Waals surface area contributed by atoms with Crippen LogP contribution in [-0.2, 0) is 0 Å². The Labute approximate surface area is 89.7 Å². The van der Waals surface area contributed by atoms with Gasteiger partial charge in [0.05, 0.1) is 5.71 Å². The van der Waals surface area contributed by atoms with Gasteiger partial charge in [0.15, 0.2) is 0 Å². The number of nitrogens with zero attached hydrogens (tertiary/aromatic N) is 1. The van der Waals surface area contributed by atoms with Crippen molar-refractivity contribution in [3.8, 4) is 5.75 Å². The Morgan fingerprint density at radius 3 is 2.93 bits per heavy atom. The molecule has 0 aliphatic carbocycles. The number of hydrogen-bond donors (Lipinski definition) is 1. The van der Waals surface area contributed by atoms with Crippen LogP contribution in [0.2, 0.25) is 0 Å². The molecule has 1 aromatic carbocycles. The molecule has 0 atom stereocenters. The molecule has 0 aromatic heterocycles. The molecule has 0 aliphatic rings. The van der Waals surface area contributed by atoms with Crippen molar-refractivity contribution in [2.75, 3.05) is 6.61 Å². The molecule has 0 heterocycles. The third kappa shape index (κ3) is 2.59. The van der Waals surface area contributed by atoms with Crippen LogP contribution in [-0.4, -0.2) is 17.5 Å². The summed E-state index contributed by atoms with van der Waals surface area (Å²) in [6.07, 6.45) is 1.68. The first-order chi connectivity index (χ1) is 7.20. The molecule has 0 amide bonds. The molecule has 3 nitrogen and oxygen atoms in total. The number of para-hydroxylation sites is 1. The van der Waals surface area contributed by atoms with E-state index in [0.29, 0.717) is 12.3 Å². The average Bonchev–Trinajstić information content (AvgIpc) is 2.26. The van der Waals surface area contributed by atoms with E-state index < -0.39 is 0 Å². The van der Waals surface area contributed by atoms with Crippen molar-refractivity contribution < 1.29 is 9.94 Å². The summed E-state index contributed by atoms with van der Waals surface area (Å²) in [7, 11) is 0. The fraction of sp³-hybridized carbons (Fsp3) is 0.250. The van der Waals surface area contributed by atoms with Crippen molar-refractivity contribution in [1.29, 1.82) is 0 Å². The summed E-state index contributed by atoms with van der Waals surface area (Å²) in [4.78, 5) is 0. The lowest BCUT2D eigenvalue weighted by atomic mass is 10.1. The summed E-state index contributed by atoms with van der Waals surface area (Å²) >= 11 is 0. The molecule has 0 spiro atoms. The van der Waals surface area contributed by atoms with Crippen LogP contribution >= 0.6 is 0 Å². The molecular weight excluding hydrogens is 190 g/mol. The van der Waals surface area contributed by atoms with Gasteiger partial charge in [0.25, 0.3) is 0 Å². The highest BCUT2D eigenvalue weighted by Crippen LogP contribution is 2.24. The minimum Gasteiger partial charge on any atom is -0.489 e. The lowest BCUT2D eigenvalue weighted by molar-refractivity contribution is 0.318. The van der Waals surface area contributed by atoms with E-state index in [4.69, 9.17) is 9.94 Å². The highest BCUT2D eigenvalue weighted by molar-refractivity contribution is 6.01. The highest BCUT2D eigenvalue weighted by atomic mass is 16.5. The lowest BCUT2D eigenvalue weighted by Gasteiger charge is -2.11. The molecular formula is C12H15NO2. The number of hydrogen-bond acceptors (Lipinski definition) is 3. The fourth-order valence-electron chi connectivity index (χ4n) is 1.33. The Morgan fingerprint density at radius 2 is 2.33 bits per heavy atom. The standard InChI is InChI=1S/C12H15NO2/c1-4-8-15-12-9(2)6-5-7-11(12)10(3)13-14/h4-7,14H,1,8H2,2-3H3/b13-10+. The van der Waals surface area contributed by atoms with Gasteiger partial charge in [-0.15, -0.1) is 0 Å². The number of ether oxygens (including phenoxy) is 1. The molecule has 0 saturated carbocycles. The van der Waals surface area contributed by atoms with Crippen LogP contribution in [0.3, 0.4) is 0 Å². The Kier molecular flexibility index (Phi) is 3.92. The van der Waals surface area contributed by atoms with E-state index in [1.54, 1.807) is 13.0 Å². The monoisotopic (exact) mass is 205 g/mol. The number of oxime groups is 1. The van der Waals surface area contributed by atoms with Crippen molar-refractivity contribution >= 4 is 5.71 Å². The Morgan fingerprint density at radius 1 is 1.60 bits per heavy atom. The number of aryl methyl sites for hydroxylation is 1. The maximum Gasteiger partial charge on any atom is 0.131 e. The van der Waals surface area contributed by atoms with Crippen LogP contribution in [0.5, 0.6) is 5.75 Å². The topological polar surface area (TPSA) is 41.8 Å². The zero-order valence-electron chi connectivity index (χ0n) is 9.03. The maximum absolute atomic E-state index is 8.74. The predicted molar refractivity (Wildman–Crippen MR) is 60.9 cm³/mol. The molecule has 0 radical (unpaired) electrons. The summed E-state index contributed by atoms with van der Waals surface area (Å²) < 4.78 is 5.53. The Hall–Kier alpha value is -1.77. The van der Waals surface area contributed by atoms with Gasteiger partial charge in [-0.05, 0) is 25.5 Å². The van der Waals surface area contributed by atoms with Gasteiger partial charge in [0, 0.05) is 5.56 Å². The Balaban J connectivity index is 3.13. The second-order valence-corrected chi connectivity index (χ2v) is 3.24. The van der Waals surface area contributed by atoms with Gasteiger partial charge in [0.1, 0.15) is 12.4 Å². The van der Waals surface area contributed by atoms with Crippen LogP contribution in [0.1, 0.15) is 18.1 Å². The van der Waals surface area contributed by atoms with Gasteiger partial charge in [-0.1, -0.05) is 29.9 Å². The molecule has 15 heavy (non-hydrogen) atoms. The summed E-state index contributed by atoms with van der Waals surface area (Å²) in [6, 6.07) is 5.72. The minimum atomic E-state index is 0.441. The van der Waals surface area contributed by atoms with Crippen molar-refractivity contribution in [3.05, 3.63) is 42.0 Å². The largest absolute Gasteiger partial charge is 0.489 e. The van der Waals surface area contributed by atoms with E-state index in [1.807, 2.05) is 25.1 Å². The second kappa shape index (κ2) is 5.20. The third-order valence-corrected chi connectivity index (χ3v) is 2.10. The third-order valence-electron chi connectivity index (χ3n) is 2.10. The first-order valence-electron chi connectivity index (χ1n) is 4.73. The van der Waals surface area contributed by atoms with Crippen LogP contribution in [0, 0.1) is 6.92 Å². The van der Waals surface area contributed by atoms with Gasteiger partial charge in [-0.3, -0.25) is 0 Å². The van der Waals surface area contributed by atoms with Gasteiger partial charge in [-0.2, -0.15) is 0 Å². The molecule has 1 rings (SSSR count). The SMILES string of the molecule is C=CCOc1c(C)cccc1/C(C)=N/O. The van der Waals surface area contributed by atoms with Gasteiger partial charge in [0.2, 0.25) is 0 Å². The maximum atomic E-state index is 8.74. The number of rotatable bonds is 4. The summed E-state index contributed by atoms with van der Waals surface area (Å²) in [6.45, 7) is 7.72. The smallest absolute Gasteiger partial charge is 0.131 e. The van der Waals surface area contributed by atoms with Crippen molar-refractivity contribution in [1.82, 2.24) is 0 Å². The molecule has 80 valence electrons. The quantitative estimate of drug-likeness (QED) is 0.355. The van der Waals surface area contributed by atoms with Gasteiger partial charge < -0.3 is 9.94 Å². The zero-order valence-corrected chi connectivity index (χ0v) is 9.03. The van der Waals surface area contributed by atoms with Crippen LogP contribution in [0.25, 0.3) is 0 Å². The van der Waals surface area contributed by atoms with Crippen molar-refractivity contribution in [3.63, 3.8) is 0 Å². The van der Waals surface area contributed by atoms with Crippen molar-refractivity contribution in [2.24, 2.45) is 5.16 Å². The summed E-state index contributed by atoms with van der Waals surface area (Å²) in [5.74, 6) is 0.743. The molecule has 3 heteroatoms. The van der Waals surface area contributed by atoms with E-state index in [9.17, 15) is 0 Å². The minimum absolute atomic E-state index is 0.441. The van der Waals surface area contributed by atoms with E-state index in [-0.39, 0.29) is 0 Å². The zero-order chi connectivity index (χ0) is 11.3. The van der Waals surface area contributed by atoms with Gasteiger partial charge in [-0.25, -0.2) is 0 Å². The molecule has 0 saturated heterocycles. The molecule has 0 bridgehead atoms. The first kappa shape index (κ1) is 11.3. The normalized spacial score (nSPS) is 11.2. The Bertz CT molecular complexity index is 383. The molecule has 0 fully saturated rings. The summed E-state index contributed by atoms with van der Waals surface area (Å²) in [5.41, 5.74) is 2.36. The second-order valence-electron chi connectivity index (χ2n) is 3.24. The molecule has 1 aromatic rings. The molecule has 0 unspecified atom stereocenters.